The van der Waals surface area contributed by atoms with Crippen LogP contribution in [0.4, 0.5) is 17.5 Å². The van der Waals surface area contributed by atoms with Gasteiger partial charge in [0.1, 0.15) is 5.69 Å². The van der Waals surface area contributed by atoms with E-state index in [-0.39, 0.29) is 11.7 Å². The average molecular weight is 311 g/mol. The van der Waals surface area contributed by atoms with E-state index in [2.05, 4.69) is 26.9 Å². The number of nitrogens with zero attached hydrogens (tertiary/aromatic N) is 3. The Bertz CT molecular complexity index is 526. The first-order chi connectivity index (χ1) is 10.0. The van der Waals surface area contributed by atoms with Crippen LogP contribution >= 0.6 is 11.8 Å². The van der Waals surface area contributed by atoms with E-state index in [0.717, 1.165) is 19.3 Å². The largest absolute Gasteiger partial charge is 0.361 e. The summed E-state index contributed by atoms with van der Waals surface area (Å²) in [5.74, 6) is 0.762. The molecule has 2 N–H and O–H groups in total. The molecule has 0 spiro atoms. The highest BCUT2D eigenvalue weighted by Gasteiger charge is 2.28. The van der Waals surface area contributed by atoms with Gasteiger partial charge < -0.3 is 10.6 Å². The number of hydrogen-bond donors (Lipinski definition) is 2. The van der Waals surface area contributed by atoms with Crippen molar-refractivity contribution in [2.24, 2.45) is 0 Å². The molecule has 0 saturated heterocycles. The maximum absolute atomic E-state index is 11.3. The topological polar surface area (TPSA) is 93.0 Å². The van der Waals surface area contributed by atoms with E-state index in [1.807, 2.05) is 18.7 Å². The summed E-state index contributed by atoms with van der Waals surface area (Å²) in [5, 5.41) is 18.1. The van der Waals surface area contributed by atoms with Crippen LogP contribution in [0.5, 0.6) is 0 Å². The van der Waals surface area contributed by atoms with E-state index in [9.17, 15) is 10.1 Å². The molecule has 0 radical (unpaired) electrons. The second kappa shape index (κ2) is 6.93. The Kier molecular flexibility index (Phi) is 5.22. The van der Waals surface area contributed by atoms with E-state index in [1.54, 1.807) is 6.92 Å². The van der Waals surface area contributed by atoms with Crippen LogP contribution in [0, 0.1) is 17.0 Å². The van der Waals surface area contributed by atoms with Gasteiger partial charge in [-0.05, 0) is 39.4 Å². The highest BCUT2D eigenvalue weighted by atomic mass is 32.2. The Morgan fingerprint density at radius 2 is 2.19 bits per heavy atom. The van der Waals surface area contributed by atoms with Gasteiger partial charge in [-0.1, -0.05) is 0 Å². The fourth-order valence-electron chi connectivity index (χ4n) is 2.60. The van der Waals surface area contributed by atoms with Crippen LogP contribution in [-0.4, -0.2) is 39.0 Å². The molecule has 2 rings (SSSR count). The molecular weight excluding hydrogens is 290 g/mol. The van der Waals surface area contributed by atoms with Gasteiger partial charge in [-0.2, -0.15) is 16.7 Å². The number of nitrogens with one attached hydrogen (secondary N) is 2. The zero-order valence-electron chi connectivity index (χ0n) is 12.5. The van der Waals surface area contributed by atoms with E-state index < -0.39 is 4.92 Å². The quantitative estimate of drug-likeness (QED) is 0.616. The van der Waals surface area contributed by atoms with Gasteiger partial charge in [0.2, 0.25) is 11.8 Å². The molecule has 1 aliphatic carbocycles. The van der Waals surface area contributed by atoms with Gasteiger partial charge in [0.25, 0.3) is 0 Å². The minimum Gasteiger partial charge on any atom is -0.361 e. The summed E-state index contributed by atoms with van der Waals surface area (Å²) in [6.07, 6.45) is 5.27. The maximum Gasteiger partial charge on any atom is 0.332 e. The summed E-state index contributed by atoms with van der Waals surface area (Å²) in [6, 6.07) is 0.241. The number of aromatic nitrogens is 2. The third-order valence-electron chi connectivity index (χ3n) is 3.63. The lowest BCUT2D eigenvalue weighted by Gasteiger charge is -2.15. The summed E-state index contributed by atoms with van der Waals surface area (Å²) >= 11 is 1.85. The lowest BCUT2D eigenvalue weighted by atomic mass is 10.2. The average Bonchev–Trinajstić information content (AvgIpc) is 2.85. The third kappa shape index (κ3) is 3.75. The van der Waals surface area contributed by atoms with Gasteiger partial charge in [0, 0.05) is 17.8 Å². The van der Waals surface area contributed by atoms with Crippen molar-refractivity contribution in [3.8, 4) is 0 Å². The summed E-state index contributed by atoms with van der Waals surface area (Å²) < 4.78 is 0. The predicted molar refractivity (Wildman–Crippen MR) is 86.2 cm³/mol. The van der Waals surface area contributed by atoms with Crippen LogP contribution in [0.15, 0.2) is 0 Å². The minimum atomic E-state index is -0.408. The molecule has 8 heteroatoms. The van der Waals surface area contributed by atoms with Crippen molar-refractivity contribution in [2.75, 3.05) is 23.4 Å². The molecule has 2 unspecified atom stereocenters. The van der Waals surface area contributed by atoms with Crippen molar-refractivity contribution >= 4 is 29.2 Å². The van der Waals surface area contributed by atoms with Crippen molar-refractivity contribution in [3.05, 3.63) is 15.8 Å². The third-order valence-corrected chi connectivity index (χ3v) is 4.73. The lowest BCUT2D eigenvalue weighted by molar-refractivity contribution is -0.385. The Morgan fingerprint density at radius 3 is 2.76 bits per heavy atom. The monoisotopic (exact) mass is 311 g/mol. The van der Waals surface area contributed by atoms with Gasteiger partial charge in [-0.15, -0.1) is 0 Å². The van der Waals surface area contributed by atoms with Crippen LogP contribution in [0.2, 0.25) is 0 Å². The Balaban J connectivity index is 2.25. The van der Waals surface area contributed by atoms with Gasteiger partial charge in [0.15, 0.2) is 0 Å². The molecule has 2 atom stereocenters. The summed E-state index contributed by atoms with van der Waals surface area (Å²) in [4.78, 5) is 19.3. The molecule has 0 aromatic carbocycles. The van der Waals surface area contributed by atoms with E-state index in [1.165, 1.54) is 0 Å². The number of rotatable bonds is 6. The molecule has 0 bridgehead atoms. The number of hydrogen-bond acceptors (Lipinski definition) is 7. The first kappa shape index (κ1) is 15.8. The predicted octanol–water partition coefficient (Wildman–Crippen LogP) is 2.82. The lowest BCUT2D eigenvalue weighted by Crippen LogP contribution is -2.19. The Hall–Kier alpha value is -1.57. The van der Waals surface area contributed by atoms with Crippen molar-refractivity contribution in [1.82, 2.24) is 9.97 Å². The van der Waals surface area contributed by atoms with Crippen molar-refractivity contribution in [2.45, 2.75) is 44.4 Å². The van der Waals surface area contributed by atoms with Crippen LogP contribution in [0.3, 0.4) is 0 Å². The summed E-state index contributed by atoms with van der Waals surface area (Å²) in [5.41, 5.74) is 0.358. The van der Waals surface area contributed by atoms with Gasteiger partial charge in [0.05, 0.1) is 4.92 Å². The van der Waals surface area contributed by atoms with Crippen molar-refractivity contribution in [3.63, 3.8) is 0 Å². The molecular formula is C13H21N5O2S. The van der Waals surface area contributed by atoms with Crippen molar-refractivity contribution in [1.29, 1.82) is 0 Å². The fourth-order valence-corrected chi connectivity index (χ4v) is 3.40. The second-order valence-corrected chi connectivity index (χ2v) is 6.27. The van der Waals surface area contributed by atoms with Gasteiger partial charge >= 0.3 is 5.69 Å². The first-order valence-corrected chi connectivity index (χ1v) is 8.40. The zero-order valence-corrected chi connectivity index (χ0v) is 13.4. The van der Waals surface area contributed by atoms with E-state index in [0.29, 0.717) is 29.3 Å². The smallest absolute Gasteiger partial charge is 0.332 e. The number of nitro groups is 1. The van der Waals surface area contributed by atoms with Crippen LogP contribution < -0.4 is 10.6 Å². The SMILES string of the molecule is CCNc1nc(C)c([N+](=O)[O-])c(NC2CCC(SC)C2)n1. The standard InChI is InChI=1S/C13H21N5O2S/c1-4-14-13-15-8(2)11(18(19)20)12(17-13)16-9-5-6-10(7-9)21-3/h9-10H,4-7H2,1-3H3,(H2,14,15,16,17). The molecule has 7 nitrogen and oxygen atoms in total. The van der Waals surface area contributed by atoms with Crippen LogP contribution in [0.25, 0.3) is 0 Å². The number of anilines is 2. The van der Waals surface area contributed by atoms with Crippen LogP contribution in [0.1, 0.15) is 31.9 Å². The molecule has 1 aromatic heterocycles. The van der Waals surface area contributed by atoms with E-state index in [4.69, 9.17) is 0 Å². The maximum atomic E-state index is 11.3. The summed E-state index contributed by atoms with van der Waals surface area (Å²) in [6.45, 7) is 4.26. The number of thioether (sulfide) groups is 1. The highest BCUT2D eigenvalue weighted by Crippen LogP contribution is 2.33. The number of aryl methyl sites for hydroxylation is 1. The fraction of sp³-hybridized carbons (Fsp3) is 0.692. The van der Waals surface area contributed by atoms with Gasteiger partial charge in [-0.3, -0.25) is 10.1 Å². The molecule has 116 valence electrons. The molecule has 1 fully saturated rings. The van der Waals surface area contributed by atoms with Crippen LogP contribution in [-0.2, 0) is 0 Å². The molecule has 0 aliphatic heterocycles. The highest BCUT2D eigenvalue weighted by molar-refractivity contribution is 7.99. The molecule has 1 heterocycles. The second-order valence-electron chi connectivity index (χ2n) is 5.13. The van der Waals surface area contributed by atoms with E-state index >= 15 is 0 Å². The van der Waals surface area contributed by atoms with Crippen molar-refractivity contribution < 1.29 is 4.92 Å². The molecule has 1 saturated carbocycles. The first-order valence-electron chi connectivity index (χ1n) is 7.11. The molecule has 1 aromatic rings. The van der Waals surface area contributed by atoms with Gasteiger partial charge in [-0.25, -0.2) is 4.98 Å². The zero-order chi connectivity index (χ0) is 15.4. The minimum absolute atomic E-state index is 0.0238. The Labute approximate surface area is 128 Å². The molecule has 1 aliphatic rings. The molecule has 21 heavy (non-hydrogen) atoms. The summed E-state index contributed by atoms with van der Waals surface area (Å²) in [7, 11) is 0. The molecule has 0 amide bonds. The normalized spacial score (nSPS) is 21.3. The Morgan fingerprint density at radius 1 is 1.43 bits per heavy atom.